The summed E-state index contributed by atoms with van der Waals surface area (Å²) in [7, 11) is -2.76. The highest BCUT2D eigenvalue weighted by atomic mass is 32.2. The normalized spacial score (nSPS) is 11.2. The van der Waals surface area contributed by atoms with E-state index >= 15 is 0 Å². The zero-order valence-corrected chi connectivity index (χ0v) is 15.3. The monoisotopic (exact) mass is 389 g/mol. The van der Waals surface area contributed by atoms with Gasteiger partial charge in [0.25, 0.3) is 10.0 Å². The standard InChI is InChI=1S/C20H17F2NO3S/c1-26-19-8-4-2-6-15(19)14-23(17-12-10-16(21)11-13-17)27(24,25)20-9-5-3-7-18(20)22/h2-13H,14H2,1H3. The molecule has 0 aliphatic heterocycles. The first-order valence-corrected chi connectivity index (χ1v) is 9.52. The van der Waals surface area contributed by atoms with Crippen molar-refractivity contribution in [2.24, 2.45) is 0 Å². The van der Waals surface area contributed by atoms with Crippen LogP contribution in [0.3, 0.4) is 0 Å². The van der Waals surface area contributed by atoms with Crippen LogP contribution in [0.15, 0.2) is 77.7 Å². The number of rotatable bonds is 6. The molecule has 0 unspecified atom stereocenters. The first kappa shape index (κ1) is 18.8. The fraction of sp³-hybridized carbons (Fsp3) is 0.100. The third-order valence-electron chi connectivity index (χ3n) is 4.03. The summed E-state index contributed by atoms with van der Waals surface area (Å²) in [6, 6.07) is 17.0. The van der Waals surface area contributed by atoms with Crippen molar-refractivity contribution in [2.75, 3.05) is 11.4 Å². The number of benzene rings is 3. The van der Waals surface area contributed by atoms with Gasteiger partial charge in [0.2, 0.25) is 0 Å². The van der Waals surface area contributed by atoms with Gasteiger partial charge in [-0.05, 0) is 42.5 Å². The number of anilines is 1. The number of para-hydroxylation sites is 1. The first-order chi connectivity index (χ1) is 12.9. The maximum atomic E-state index is 14.2. The molecule has 0 saturated carbocycles. The zero-order valence-electron chi connectivity index (χ0n) is 14.5. The van der Waals surface area contributed by atoms with Crippen LogP contribution in [-0.4, -0.2) is 15.5 Å². The zero-order chi connectivity index (χ0) is 19.4. The van der Waals surface area contributed by atoms with Crippen molar-refractivity contribution in [2.45, 2.75) is 11.4 Å². The van der Waals surface area contributed by atoms with E-state index in [0.717, 1.165) is 22.5 Å². The Morgan fingerprint density at radius 3 is 2.19 bits per heavy atom. The van der Waals surface area contributed by atoms with Crippen molar-refractivity contribution in [3.63, 3.8) is 0 Å². The molecule has 0 aliphatic rings. The van der Waals surface area contributed by atoms with Crippen molar-refractivity contribution in [3.8, 4) is 5.75 Å². The summed E-state index contributed by atoms with van der Waals surface area (Å²) in [5.74, 6) is -0.864. The molecular weight excluding hydrogens is 372 g/mol. The van der Waals surface area contributed by atoms with Crippen LogP contribution in [0.1, 0.15) is 5.56 Å². The summed E-state index contributed by atoms with van der Waals surface area (Å²) in [6.07, 6.45) is 0. The minimum Gasteiger partial charge on any atom is -0.496 e. The summed E-state index contributed by atoms with van der Waals surface area (Å²) in [5.41, 5.74) is 0.801. The van der Waals surface area contributed by atoms with Crippen LogP contribution in [0.25, 0.3) is 0 Å². The van der Waals surface area contributed by atoms with Crippen LogP contribution < -0.4 is 9.04 Å². The summed E-state index contributed by atoms with van der Waals surface area (Å²) in [5, 5.41) is 0. The lowest BCUT2D eigenvalue weighted by molar-refractivity contribution is 0.410. The average molecular weight is 389 g/mol. The van der Waals surface area contributed by atoms with Crippen LogP contribution >= 0.6 is 0 Å². The Balaban J connectivity index is 2.13. The number of halogens is 2. The van der Waals surface area contributed by atoms with Gasteiger partial charge in [0, 0.05) is 5.56 Å². The third-order valence-corrected chi connectivity index (χ3v) is 5.83. The Hall–Kier alpha value is -2.93. The van der Waals surface area contributed by atoms with Gasteiger partial charge in [-0.3, -0.25) is 4.31 Å². The van der Waals surface area contributed by atoms with E-state index in [1.165, 1.54) is 37.4 Å². The van der Waals surface area contributed by atoms with Gasteiger partial charge in [-0.2, -0.15) is 0 Å². The topological polar surface area (TPSA) is 46.6 Å². The molecule has 0 saturated heterocycles. The van der Waals surface area contributed by atoms with Crippen LogP contribution in [0.4, 0.5) is 14.5 Å². The minimum absolute atomic E-state index is 0.105. The molecule has 0 heterocycles. The van der Waals surface area contributed by atoms with Crippen LogP contribution in [0, 0.1) is 11.6 Å². The predicted molar refractivity (Wildman–Crippen MR) is 99.2 cm³/mol. The molecule has 0 aliphatic carbocycles. The Labute approximate surface area is 156 Å². The van der Waals surface area contributed by atoms with Gasteiger partial charge in [-0.25, -0.2) is 17.2 Å². The Morgan fingerprint density at radius 2 is 1.52 bits per heavy atom. The lowest BCUT2D eigenvalue weighted by atomic mass is 10.2. The van der Waals surface area contributed by atoms with E-state index in [4.69, 9.17) is 4.74 Å². The molecule has 0 N–H and O–H groups in total. The van der Waals surface area contributed by atoms with Gasteiger partial charge in [-0.1, -0.05) is 30.3 Å². The Bertz CT molecular complexity index is 1040. The van der Waals surface area contributed by atoms with Crippen molar-refractivity contribution in [1.29, 1.82) is 0 Å². The number of nitrogens with zero attached hydrogens (tertiary/aromatic N) is 1. The van der Waals surface area contributed by atoms with Gasteiger partial charge in [0.05, 0.1) is 19.3 Å². The van der Waals surface area contributed by atoms with E-state index in [1.54, 1.807) is 24.3 Å². The SMILES string of the molecule is COc1ccccc1CN(c1ccc(F)cc1)S(=O)(=O)c1ccccc1F. The number of hydrogen-bond donors (Lipinski definition) is 0. The molecule has 0 aromatic heterocycles. The second-order valence-corrected chi connectivity index (χ2v) is 7.56. The highest BCUT2D eigenvalue weighted by Crippen LogP contribution is 2.30. The lowest BCUT2D eigenvalue weighted by Gasteiger charge is -2.25. The van der Waals surface area contributed by atoms with Gasteiger partial charge in [-0.15, -0.1) is 0 Å². The fourth-order valence-electron chi connectivity index (χ4n) is 2.68. The Morgan fingerprint density at radius 1 is 0.889 bits per heavy atom. The second-order valence-electron chi connectivity index (χ2n) is 5.73. The van der Waals surface area contributed by atoms with Crippen LogP contribution in [0.5, 0.6) is 5.75 Å². The van der Waals surface area contributed by atoms with Crippen LogP contribution in [0.2, 0.25) is 0 Å². The average Bonchev–Trinajstić information content (AvgIpc) is 2.67. The molecule has 0 atom stereocenters. The maximum Gasteiger partial charge on any atom is 0.267 e. The Kier molecular flexibility index (Phi) is 5.41. The molecule has 140 valence electrons. The van der Waals surface area contributed by atoms with Gasteiger partial charge < -0.3 is 4.74 Å². The third kappa shape index (κ3) is 3.93. The molecule has 4 nitrogen and oxygen atoms in total. The van der Waals surface area contributed by atoms with Crippen molar-refractivity contribution < 1.29 is 21.9 Å². The first-order valence-electron chi connectivity index (χ1n) is 8.08. The van der Waals surface area contributed by atoms with Crippen molar-refractivity contribution in [3.05, 3.63) is 90.0 Å². The second kappa shape index (κ2) is 7.75. The summed E-state index contributed by atoms with van der Waals surface area (Å²) in [4.78, 5) is -0.454. The molecule has 3 aromatic carbocycles. The highest BCUT2D eigenvalue weighted by molar-refractivity contribution is 7.92. The molecule has 3 aromatic rings. The number of sulfonamides is 1. The molecule has 0 spiro atoms. The molecule has 0 fully saturated rings. The summed E-state index contributed by atoms with van der Waals surface area (Å²) in [6.45, 7) is -0.105. The smallest absolute Gasteiger partial charge is 0.267 e. The minimum atomic E-state index is -4.24. The largest absolute Gasteiger partial charge is 0.496 e. The number of ether oxygens (including phenoxy) is 1. The molecule has 0 amide bonds. The maximum absolute atomic E-state index is 14.2. The molecular formula is C20H17F2NO3S. The van der Waals surface area contributed by atoms with E-state index in [0.29, 0.717) is 11.3 Å². The number of methoxy groups -OCH3 is 1. The van der Waals surface area contributed by atoms with Gasteiger partial charge in [0.1, 0.15) is 22.3 Å². The van der Waals surface area contributed by atoms with E-state index in [-0.39, 0.29) is 12.2 Å². The highest BCUT2D eigenvalue weighted by Gasteiger charge is 2.28. The van der Waals surface area contributed by atoms with Gasteiger partial charge in [0.15, 0.2) is 0 Å². The molecule has 7 heteroatoms. The van der Waals surface area contributed by atoms with E-state index < -0.39 is 26.6 Å². The summed E-state index contributed by atoms with van der Waals surface area (Å²) < 4.78 is 60.3. The van der Waals surface area contributed by atoms with Crippen molar-refractivity contribution >= 4 is 15.7 Å². The van der Waals surface area contributed by atoms with E-state index in [9.17, 15) is 17.2 Å². The molecule has 3 rings (SSSR count). The molecule has 0 bridgehead atoms. The molecule has 0 radical (unpaired) electrons. The van der Waals surface area contributed by atoms with E-state index in [1.807, 2.05) is 0 Å². The predicted octanol–water partition coefficient (Wildman–Crippen LogP) is 4.37. The van der Waals surface area contributed by atoms with Gasteiger partial charge >= 0.3 is 0 Å². The summed E-state index contributed by atoms with van der Waals surface area (Å²) >= 11 is 0. The van der Waals surface area contributed by atoms with E-state index in [2.05, 4.69) is 0 Å². The quantitative estimate of drug-likeness (QED) is 0.629. The van der Waals surface area contributed by atoms with Crippen molar-refractivity contribution in [1.82, 2.24) is 0 Å². The van der Waals surface area contributed by atoms with Crippen LogP contribution in [-0.2, 0) is 16.6 Å². The molecule has 27 heavy (non-hydrogen) atoms. The fourth-order valence-corrected chi connectivity index (χ4v) is 4.19. The number of hydrogen-bond acceptors (Lipinski definition) is 3. The lowest BCUT2D eigenvalue weighted by Crippen LogP contribution is -2.31.